The Morgan fingerprint density at radius 3 is 2.52 bits per heavy atom. The minimum atomic E-state index is 0.188. The summed E-state index contributed by atoms with van der Waals surface area (Å²) in [4.78, 5) is 3.64. The number of hydrogen-bond donors (Lipinski definition) is 2. The standard InChI is InChI=1S/C23H26N2O2/c1-26-18-10-11-21-20(14-18)19-12-13-24-22(23(19)25-21)15-6-8-17(9-7-15)27-16-4-2-3-5-16/h6-11,14,16,22,24-25H,2-5,12-13H2,1H3. The van der Waals surface area contributed by atoms with E-state index in [9.17, 15) is 0 Å². The molecule has 0 radical (unpaired) electrons. The van der Waals surface area contributed by atoms with E-state index in [1.165, 1.54) is 53.4 Å². The highest BCUT2D eigenvalue weighted by Crippen LogP contribution is 2.35. The normalized spacial score (nSPS) is 20.0. The largest absolute Gasteiger partial charge is 0.497 e. The number of H-pyrrole nitrogens is 1. The van der Waals surface area contributed by atoms with Crippen LogP contribution in [0, 0.1) is 0 Å². The Morgan fingerprint density at radius 2 is 1.74 bits per heavy atom. The van der Waals surface area contributed by atoms with Crippen LogP contribution in [0.15, 0.2) is 42.5 Å². The van der Waals surface area contributed by atoms with Crippen LogP contribution in [0.5, 0.6) is 11.5 Å². The first-order valence-electron chi connectivity index (χ1n) is 10.0. The third-order valence-electron chi connectivity index (χ3n) is 5.98. The van der Waals surface area contributed by atoms with Crippen molar-refractivity contribution in [1.29, 1.82) is 0 Å². The van der Waals surface area contributed by atoms with Gasteiger partial charge in [0.05, 0.1) is 19.3 Å². The van der Waals surface area contributed by atoms with E-state index in [4.69, 9.17) is 9.47 Å². The summed E-state index contributed by atoms with van der Waals surface area (Å²) in [7, 11) is 1.72. The van der Waals surface area contributed by atoms with Gasteiger partial charge in [0, 0.05) is 23.1 Å². The smallest absolute Gasteiger partial charge is 0.119 e. The zero-order valence-corrected chi connectivity index (χ0v) is 15.8. The molecule has 4 heteroatoms. The highest BCUT2D eigenvalue weighted by atomic mass is 16.5. The fourth-order valence-electron chi connectivity index (χ4n) is 4.56. The lowest BCUT2D eigenvalue weighted by molar-refractivity contribution is 0.210. The summed E-state index contributed by atoms with van der Waals surface area (Å²) in [6.07, 6.45) is 6.40. The third kappa shape index (κ3) is 3.08. The Bertz CT molecular complexity index is 939. The SMILES string of the molecule is COc1ccc2[nH]c3c(c2c1)CCNC3c1ccc(OC2CCCC2)cc1. The molecule has 0 bridgehead atoms. The van der Waals surface area contributed by atoms with E-state index in [-0.39, 0.29) is 6.04 Å². The lowest BCUT2D eigenvalue weighted by Crippen LogP contribution is -2.30. The second kappa shape index (κ2) is 6.93. The van der Waals surface area contributed by atoms with Crippen LogP contribution in [-0.2, 0) is 6.42 Å². The Morgan fingerprint density at radius 1 is 0.963 bits per heavy atom. The average Bonchev–Trinajstić information content (AvgIpc) is 3.35. The van der Waals surface area contributed by atoms with E-state index >= 15 is 0 Å². The quantitative estimate of drug-likeness (QED) is 0.705. The van der Waals surface area contributed by atoms with E-state index in [1.54, 1.807) is 7.11 Å². The van der Waals surface area contributed by atoms with Gasteiger partial charge in [0.25, 0.3) is 0 Å². The summed E-state index contributed by atoms with van der Waals surface area (Å²) in [5.74, 6) is 1.90. The first kappa shape index (κ1) is 16.7. The van der Waals surface area contributed by atoms with Gasteiger partial charge in [0.2, 0.25) is 0 Å². The van der Waals surface area contributed by atoms with Crippen LogP contribution in [0.4, 0.5) is 0 Å². The van der Waals surface area contributed by atoms with Gasteiger partial charge in [0.15, 0.2) is 0 Å². The minimum absolute atomic E-state index is 0.188. The van der Waals surface area contributed by atoms with Gasteiger partial charge in [0.1, 0.15) is 11.5 Å². The molecule has 140 valence electrons. The van der Waals surface area contributed by atoms with Crippen molar-refractivity contribution in [3.8, 4) is 11.5 Å². The lowest BCUT2D eigenvalue weighted by atomic mass is 9.94. The van der Waals surface area contributed by atoms with Crippen LogP contribution in [-0.4, -0.2) is 24.7 Å². The molecule has 1 fully saturated rings. The van der Waals surface area contributed by atoms with Crippen molar-refractivity contribution in [2.45, 2.75) is 44.2 Å². The third-order valence-corrected chi connectivity index (χ3v) is 5.98. The van der Waals surface area contributed by atoms with Crippen molar-refractivity contribution in [2.24, 2.45) is 0 Å². The van der Waals surface area contributed by atoms with Gasteiger partial charge in [-0.15, -0.1) is 0 Å². The molecule has 1 saturated carbocycles. The highest BCUT2D eigenvalue weighted by Gasteiger charge is 2.25. The number of aromatic amines is 1. The molecule has 2 N–H and O–H groups in total. The number of rotatable bonds is 4. The molecule has 2 aromatic carbocycles. The average molecular weight is 362 g/mol. The molecule has 4 nitrogen and oxygen atoms in total. The Balaban J connectivity index is 1.44. The molecule has 1 unspecified atom stereocenters. The van der Waals surface area contributed by atoms with Crippen molar-refractivity contribution < 1.29 is 9.47 Å². The first-order chi connectivity index (χ1) is 13.3. The molecule has 3 aromatic rings. The molecule has 0 saturated heterocycles. The van der Waals surface area contributed by atoms with E-state index in [2.05, 4.69) is 46.7 Å². The Hall–Kier alpha value is -2.46. The van der Waals surface area contributed by atoms with Crippen molar-refractivity contribution in [3.05, 3.63) is 59.3 Å². The van der Waals surface area contributed by atoms with Crippen molar-refractivity contribution in [3.63, 3.8) is 0 Å². The summed E-state index contributed by atoms with van der Waals surface area (Å²) in [5.41, 5.74) is 5.12. The van der Waals surface area contributed by atoms with Crippen LogP contribution in [0.1, 0.15) is 48.5 Å². The molecule has 2 heterocycles. The number of nitrogens with one attached hydrogen (secondary N) is 2. The summed E-state index contributed by atoms with van der Waals surface area (Å²) in [6.45, 7) is 0.974. The number of aromatic nitrogens is 1. The van der Waals surface area contributed by atoms with Gasteiger partial charge in [-0.2, -0.15) is 0 Å². The molecule has 27 heavy (non-hydrogen) atoms. The maximum atomic E-state index is 6.12. The van der Waals surface area contributed by atoms with E-state index in [1.807, 2.05) is 6.07 Å². The van der Waals surface area contributed by atoms with Gasteiger partial charge in [-0.05, 0) is 73.6 Å². The predicted molar refractivity (Wildman–Crippen MR) is 108 cm³/mol. The fraction of sp³-hybridized carbons (Fsp3) is 0.391. The van der Waals surface area contributed by atoms with Crippen LogP contribution >= 0.6 is 0 Å². The van der Waals surface area contributed by atoms with Crippen LogP contribution in [0.3, 0.4) is 0 Å². The summed E-state index contributed by atoms with van der Waals surface area (Å²) in [5, 5.41) is 4.95. The van der Waals surface area contributed by atoms with Crippen molar-refractivity contribution in [2.75, 3.05) is 13.7 Å². The molecular weight excluding hydrogens is 336 g/mol. The van der Waals surface area contributed by atoms with Gasteiger partial charge in [-0.25, -0.2) is 0 Å². The molecular formula is C23H26N2O2. The predicted octanol–water partition coefficient (Wildman–Crippen LogP) is 4.73. The summed E-state index contributed by atoms with van der Waals surface area (Å²) < 4.78 is 11.5. The van der Waals surface area contributed by atoms with E-state index in [0.29, 0.717) is 6.10 Å². The van der Waals surface area contributed by atoms with Gasteiger partial charge < -0.3 is 19.8 Å². The monoisotopic (exact) mass is 362 g/mol. The lowest BCUT2D eigenvalue weighted by Gasteiger charge is -2.25. The maximum absolute atomic E-state index is 6.12. The summed E-state index contributed by atoms with van der Waals surface area (Å²) >= 11 is 0. The first-order valence-corrected chi connectivity index (χ1v) is 10.0. The Kier molecular flexibility index (Phi) is 4.29. The molecule has 5 rings (SSSR count). The highest BCUT2D eigenvalue weighted by molar-refractivity contribution is 5.86. The van der Waals surface area contributed by atoms with Gasteiger partial charge >= 0.3 is 0 Å². The molecule has 1 aliphatic heterocycles. The van der Waals surface area contributed by atoms with Gasteiger partial charge in [-0.3, -0.25) is 0 Å². The van der Waals surface area contributed by atoms with Crippen LogP contribution < -0.4 is 14.8 Å². The number of methoxy groups -OCH3 is 1. The zero-order valence-electron chi connectivity index (χ0n) is 15.8. The molecule has 1 aromatic heterocycles. The topological polar surface area (TPSA) is 46.3 Å². The fourth-order valence-corrected chi connectivity index (χ4v) is 4.56. The second-order valence-electron chi connectivity index (χ2n) is 7.66. The van der Waals surface area contributed by atoms with Crippen molar-refractivity contribution >= 4 is 10.9 Å². The summed E-state index contributed by atoms with van der Waals surface area (Å²) in [6, 6.07) is 15.1. The minimum Gasteiger partial charge on any atom is -0.497 e. The molecule has 0 amide bonds. The Labute approximate surface area is 159 Å². The second-order valence-corrected chi connectivity index (χ2v) is 7.66. The van der Waals surface area contributed by atoms with Crippen LogP contribution in [0.2, 0.25) is 0 Å². The molecule has 1 atom stereocenters. The number of fused-ring (bicyclic) bond motifs is 3. The van der Waals surface area contributed by atoms with Crippen LogP contribution in [0.25, 0.3) is 10.9 Å². The van der Waals surface area contributed by atoms with E-state index < -0.39 is 0 Å². The number of hydrogen-bond acceptors (Lipinski definition) is 3. The van der Waals surface area contributed by atoms with Crippen molar-refractivity contribution in [1.82, 2.24) is 10.3 Å². The number of ether oxygens (including phenoxy) is 2. The van der Waals surface area contributed by atoms with Gasteiger partial charge in [-0.1, -0.05) is 12.1 Å². The molecule has 1 aliphatic carbocycles. The number of benzene rings is 2. The zero-order chi connectivity index (χ0) is 18.2. The molecule has 0 spiro atoms. The maximum Gasteiger partial charge on any atom is 0.119 e. The van der Waals surface area contributed by atoms with E-state index in [0.717, 1.165) is 24.5 Å². The molecule has 2 aliphatic rings.